The van der Waals surface area contributed by atoms with E-state index in [1.165, 1.54) is 5.01 Å². The Bertz CT molecular complexity index is 452. The molecule has 1 unspecified atom stereocenters. The zero-order chi connectivity index (χ0) is 12.8. The summed E-state index contributed by atoms with van der Waals surface area (Å²) >= 11 is 3.40. The van der Waals surface area contributed by atoms with Gasteiger partial charge in [-0.3, -0.25) is 0 Å². The Balaban J connectivity index is 1.74. The number of aromatic nitrogens is 2. The lowest BCUT2D eigenvalue weighted by atomic mass is 10.2. The van der Waals surface area contributed by atoms with Gasteiger partial charge in [0.1, 0.15) is 0 Å². The summed E-state index contributed by atoms with van der Waals surface area (Å²) in [5, 5.41) is 9.86. The van der Waals surface area contributed by atoms with Gasteiger partial charge in [-0.25, -0.2) is 9.97 Å². The minimum Gasteiger partial charge on any atom is -0.330 e. The van der Waals surface area contributed by atoms with Crippen LogP contribution in [0.2, 0.25) is 0 Å². The summed E-state index contributed by atoms with van der Waals surface area (Å²) in [5.41, 5.74) is 6.62. The molecule has 2 heterocycles. The predicted octanol–water partition coefficient (Wildman–Crippen LogP) is 1.99. The van der Waals surface area contributed by atoms with E-state index in [4.69, 9.17) is 5.73 Å². The lowest BCUT2D eigenvalue weighted by molar-refractivity contribution is 0.607. The van der Waals surface area contributed by atoms with Gasteiger partial charge in [-0.15, -0.1) is 22.7 Å². The monoisotopic (exact) mass is 282 g/mol. The summed E-state index contributed by atoms with van der Waals surface area (Å²) in [5.74, 6) is 0.451. The maximum Gasteiger partial charge on any atom is 0.0965 e. The third-order valence-corrected chi connectivity index (χ3v) is 4.55. The fraction of sp³-hybridized carbons (Fsp3) is 0.500. The van der Waals surface area contributed by atoms with Gasteiger partial charge in [0.15, 0.2) is 0 Å². The van der Waals surface area contributed by atoms with E-state index < -0.39 is 0 Å². The summed E-state index contributed by atoms with van der Waals surface area (Å²) < 4.78 is 0. The number of rotatable bonds is 7. The van der Waals surface area contributed by atoms with Crippen molar-refractivity contribution in [1.29, 1.82) is 0 Å². The maximum absolute atomic E-state index is 5.51. The van der Waals surface area contributed by atoms with Gasteiger partial charge in [0.25, 0.3) is 0 Å². The van der Waals surface area contributed by atoms with E-state index in [0.717, 1.165) is 30.2 Å². The molecule has 0 aliphatic heterocycles. The van der Waals surface area contributed by atoms with Gasteiger partial charge in [0.2, 0.25) is 0 Å². The molecule has 0 aliphatic rings. The van der Waals surface area contributed by atoms with Crippen molar-refractivity contribution >= 4 is 22.7 Å². The van der Waals surface area contributed by atoms with Gasteiger partial charge in [-0.2, -0.15) is 0 Å². The number of nitrogens with one attached hydrogen (secondary N) is 1. The van der Waals surface area contributed by atoms with Crippen LogP contribution in [0.4, 0.5) is 0 Å². The third-order valence-electron chi connectivity index (χ3n) is 2.59. The molecule has 6 heteroatoms. The molecular formula is C12H18N4S2. The highest BCUT2D eigenvalue weighted by Crippen LogP contribution is 2.16. The lowest BCUT2D eigenvalue weighted by Crippen LogP contribution is -2.19. The van der Waals surface area contributed by atoms with Crippen LogP contribution in [0, 0.1) is 0 Å². The van der Waals surface area contributed by atoms with Crippen molar-refractivity contribution in [1.82, 2.24) is 15.3 Å². The molecule has 1 atom stereocenters. The molecule has 0 bridgehead atoms. The predicted molar refractivity (Wildman–Crippen MR) is 77.1 cm³/mol. The smallest absolute Gasteiger partial charge is 0.0965 e. The second-order valence-corrected chi connectivity index (χ2v) is 6.04. The molecule has 2 aromatic heterocycles. The first kappa shape index (κ1) is 13.6. The van der Waals surface area contributed by atoms with Crippen LogP contribution in [0.1, 0.15) is 28.6 Å². The molecule has 18 heavy (non-hydrogen) atoms. The first-order valence-corrected chi connectivity index (χ1v) is 7.79. The SMILES string of the molecule is CC(CNCc1csc(CCN)n1)c1nccs1. The van der Waals surface area contributed by atoms with Crippen molar-refractivity contribution in [2.24, 2.45) is 5.73 Å². The summed E-state index contributed by atoms with van der Waals surface area (Å²) in [6.45, 7) is 4.60. The highest BCUT2D eigenvalue weighted by atomic mass is 32.1. The van der Waals surface area contributed by atoms with E-state index in [-0.39, 0.29) is 0 Å². The Morgan fingerprint density at radius 2 is 2.33 bits per heavy atom. The largest absolute Gasteiger partial charge is 0.330 e. The molecule has 4 nitrogen and oxygen atoms in total. The molecule has 0 saturated heterocycles. The van der Waals surface area contributed by atoms with Crippen molar-refractivity contribution in [3.05, 3.63) is 32.7 Å². The molecule has 3 N–H and O–H groups in total. The second kappa shape index (κ2) is 6.94. The van der Waals surface area contributed by atoms with Crippen LogP contribution in [0.3, 0.4) is 0 Å². The van der Waals surface area contributed by atoms with Crippen LogP contribution in [0.5, 0.6) is 0 Å². The van der Waals surface area contributed by atoms with Gasteiger partial charge in [0.05, 0.1) is 15.7 Å². The molecule has 0 amide bonds. The van der Waals surface area contributed by atoms with Gasteiger partial charge < -0.3 is 11.1 Å². The molecule has 0 aromatic carbocycles. The highest BCUT2D eigenvalue weighted by molar-refractivity contribution is 7.09. The molecule has 0 spiro atoms. The quantitative estimate of drug-likeness (QED) is 0.815. The Kier molecular flexibility index (Phi) is 5.25. The summed E-state index contributed by atoms with van der Waals surface area (Å²) in [7, 11) is 0. The fourth-order valence-corrected chi connectivity index (χ4v) is 3.16. The van der Waals surface area contributed by atoms with E-state index in [1.807, 2.05) is 11.6 Å². The summed E-state index contributed by atoms with van der Waals surface area (Å²) in [4.78, 5) is 8.84. The number of nitrogens with zero attached hydrogens (tertiary/aromatic N) is 2. The minimum atomic E-state index is 0.451. The summed E-state index contributed by atoms with van der Waals surface area (Å²) in [6, 6.07) is 0. The van der Waals surface area contributed by atoms with Crippen molar-refractivity contribution < 1.29 is 0 Å². The Hall–Kier alpha value is -0.820. The Morgan fingerprint density at radius 3 is 3.06 bits per heavy atom. The molecule has 2 rings (SSSR count). The zero-order valence-corrected chi connectivity index (χ0v) is 12.1. The van der Waals surface area contributed by atoms with Crippen LogP contribution in [0.15, 0.2) is 17.0 Å². The van der Waals surface area contributed by atoms with Crippen LogP contribution < -0.4 is 11.1 Å². The molecule has 0 aliphatic carbocycles. The van der Waals surface area contributed by atoms with E-state index >= 15 is 0 Å². The van der Waals surface area contributed by atoms with Crippen molar-refractivity contribution in [3.8, 4) is 0 Å². The van der Waals surface area contributed by atoms with E-state index in [0.29, 0.717) is 12.5 Å². The molecule has 2 aromatic rings. The van der Waals surface area contributed by atoms with Gasteiger partial charge in [0, 0.05) is 42.4 Å². The highest BCUT2D eigenvalue weighted by Gasteiger charge is 2.08. The van der Waals surface area contributed by atoms with Crippen LogP contribution in [-0.4, -0.2) is 23.1 Å². The minimum absolute atomic E-state index is 0.451. The van der Waals surface area contributed by atoms with Gasteiger partial charge in [-0.1, -0.05) is 6.92 Å². The first-order valence-electron chi connectivity index (χ1n) is 6.03. The lowest BCUT2D eigenvalue weighted by Gasteiger charge is -2.08. The van der Waals surface area contributed by atoms with E-state index in [1.54, 1.807) is 22.7 Å². The van der Waals surface area contributed by atoms with Gasteiger partial charge >= 0.3 is 0 Å². The molecule has 0 radical (unpaired) electrons. The summed E-state index contributed by atoms with van der Waals surface area (Å²) in [6.07, 6.45) is 2.73. The van der Waals surface area contributed by atoms with Crippen molar-refractivity contribution in [3.63, 3.8) is 0 Å². The normalized spacial score (nSPS) is 12.8. The average Bonchev–Trinajstić information content (AvgIpc) is 3.00. The van der Waals surface area contributed by atoms with E-state index in [2.05, 4.69) is 27.6 Å². The molecule has 0 saturated carbocycles. The topological polar surface area (TPSA) is 63.8 Å². The van der Waals surface area contributed by atoms with Crippen molar-refractivity contribution in [2.75, 3.05) is 13.1 Å². The molecule has 98 valence electrons. The van der Waals surface area contributed by atoms with Crippen LogP contribution >= 0.6 is 22.7 Å². The zero-order valence-electron chi connectivity index (χ0n) is 10.4. The van der Waals surface area contributed by atoms with Gasteiger partial charge in [-0.05, 0) is 6.54 Å². The fourth-order valence-electron chi connectivity index (χ4n) is 1.65. The molecular weight excluding hydrogens is 264 g/mol. The average molecular weight is 282 g/mol. The second-order valence-electron chi connectivity index (χ2n) is 4.17. The van der Waals surface area contributed by atoms with Crippen LogP contribution in [-0.2, 0) is 13.0 Å². The molecule has 0 fully saturated rings. The van der Waals surface area contributed by atoms with Crippen LogP contribution in [0.25, 0.3) is 0 Å². The Morgan fingerprint density at radius 1 is 1.44 bits per heavy atom. The number of thiazole rings is 2. The number of hydrogen-bond donors (Lipinski definition) is 2. The number of hydrogen-bond acceptors (Lipinski definition) is 6. The number of nitrogens with two attached hydrogens (primary N) is 1. The van der Waals surface area contributed by atoms with E-state index in [9.17, 15) is 0 Å². The standard InChI is InChI=1S/C12H18N4S2/c1-9(12-15-4-5-17-12)6-14-7-10-8-18-11(16-10)2-3-13/h4-5,8-9,14H,2-3,6-7,13H2,1H3. The first-order chi connectivity index (χ1) is 8.79. The Labute approximate surface area is 115 Å². The third kappa shape index (κ3) is 3.84. The maximum atomic E-state index is 5.51. The van der Waals surface area contributed by atoms with Crippen molar-refractivity contribution in [2.45, 2.75) is 25.8 Å².